The molecule has 2 heterocycles. The second-order valence-corrected chi connectivity index (χ2v) is 5.78. The summed E-state index contributed by atoms with van der Waals surface area (Å²) in [5.74, 6) is -2.06. The third-order valence-electron chi connectivity index (χ3n) is 4.07. The molecule has 8 heteroatoms. The molecule has 0 aromatic carbocycles. The van der Waals surface area contributed by atoms with Gasteiger partial charge < -0.3 is 9.64 Å². The number of barbiturate groups is 1. The Hall–Kier alpha value is -1.80. The molecule has 0 unspecified atom stereocenters. The molecule has 2 rings (SSSR count). The molecule has 0 aromatic rings. The summed E-state index contributed by atoms with van der Waals surface area (Å²) in [4.78, 5) is 42.6. The van der Waals surface area contributed by atoms with Crippen molar-refractivity contribution in [1.29, 1.82) is 0 Å². The van der Waals surface area contributed by atoms with Gasteiger partial charge in [-0.1, -0.05) is 13.3 Å². The van der Waals surface area contributed by atoms with Crippen molar-refractivity contribution in [3.8, 4) is 0 Å². The van der Waals surface area contributed by atoms with Gasteiger partial charge >= 0.3 is 6.03 Å². The van der Waals surface area contributed by atoms with Gasteiger partial charge in [-0.25, -0.2) is 4.79 Å². The molecule has 2 aliphatic heterocycles. The van der Waals surface area contributed by atoms with Crippen LogP contribution in [0.25, 0.3) is 0 Å². The molecular formula is C15H25N4O4+. The van der Waals surface area contributed by atoms with Crippen molar-refractivity contribution in [1.82, 2.24) is 10.2 Å². The van der Waals surface area contributed by atoms with Crippen LogP contribution in [-0.4, -0.2) is 74.9 Å². The van der Waals surface area contributed by atoms with Gasteiger partial charge in [0.1, 0.15) is 13.1 Å². The fraction of sp³-hybridized carbons (Fsp3) is 0.733. The van der Waals surface area contributed by atoms with Crippen LogP contribution in [0, 0.1) is 5.92 Å². The number of carbonyl (C=O) groups excluding carboxylic acids is 3. The molecule has 23 heavy (non-hydrogen) atoms. The van der Waals surface area contributed by atoms with E-state index in [0.717, 1.165) is 50.6 Å². The van der Waals surface area contributed by atoms with E-state index in [0.29, 0.717) is 13.1 Å². The van der Waals surface area contributed by atoms with Crippen LogP contribution < -0.4 is 10.2 Å². The number of imide groups is 2. The molecule has 2 aliphatic rings. The quantitative estimate of drug-likeness (QED) is 0.439. The predicted molar refractivity (Wildman–Crippen MR) is 83.4 cm³/mol. The first-order valence-corrected chi connectivity index (χ1v) is 8.21. The second kappa shape index (κ2) is 8.73. The lowest BCUT2D eigenvalue weighted by atomic mass is 10.1. The number of rotatable bonds is 7. The molecule has 4 amide bonds. The molecule has 0 aliphatic carbocycles. The van der Waals surface area contributed by atoms with E-state index in [1.807, 2.05) is 6.92 Å². The van der Waals surface area contributed by atoms with E-state index < -0.39 is 23.8 Å². The van der Waals surface area contributed by atoms with Crippen LogP contribution in [0.2, 0.25) is 0 Å². The fourth-order valence-corrected chi connectivity index (χ4v) is 2.60. The van der Waals surface area contributed by atoms with Gasteiger partial charge in [0.05, 0.1) is 26.3 Å². The molecular weight excluding hydrogens is 300 g/mol. The largest absolute Gasteiger partial charge is 0.370 e. The Morgan fingerprint density at radius 3 is 2.78 bits per heavy atom. The maximum atomic E-state index is 12.3. The summed E-state index contributed by atoms with van der Waals surface area (Å²) in [5.41, 5.74) is 0. The summed E-state index contributed by atoms with van der Waals surface area (Å²) < 4.78 is 5.29. The van der Waals surface area contributed by atoms with Crippen LogP contribution >= 0.6 is 0 Å². The highest BCUT2D eigenvalue weighted by atomic mass is 16.5. The highest BCUT2D eigenvalue weighted by Crippen LogP contribution is 2.10. The van der Waals surface area contributed by atoms with E-state index in [1.165, 1.54) is 11.1 Å². The van der Waals surface area contributed by atoms with Gasteiger partial charge in [0.2, 0.25) is 11.8 Å². The third-order valence-corrected chi connectivity index (χ3v) is 4.07. The Morgan fingerprint density at radius 1 is 1.35 bits per heavy atom. The van der Waals surface area contributed by atoms with Crippen LogP contribution in [0.5, 0.6) is 0 Å². The Kier molecular flexibility index (Phi) is 6.66. The van der Waals surface area contributed by atoms with Crippen molar-refractivity contribution in [3.63, 3.8) is 0 Å². The van der Waals surface area contributed by atoms with Crippen LogP contribution in [0.3, 0.4) is 0 Å². The second-order valence-electron chi connectivity index (χ2n) is 5.78. The summed E-state index contributed by atoms with van der Waals surface area (Å²) in [6, 6.07) is -0.629. The average Bonchev–Trinajstić information content (AvgIpc) is 2.54. The van der Waals surface area contributed by atoms with Crippen molar-refractivity contribution in [2.45, 2.75) is 19.8 Å². The Balaban J connectivity index is 1.86. The number of hydrogen-bond acceptors (Lipinski definition) is 5. The van der Waals surface area contributed by atoms with E-state index in [9.17, 15) is 14.4 Å². The molecule has 0 radical (unpaired) electrons. The first kappa shape index (κ1) is 17.6. The molecule has 0 bridgehead atoms. The summed E-state index contributed by atoms with van der Waals surface area (Å²) in [5, 5.41) is 2.22. The smallest absolute Gasteiger partial charge is 0.330 e. The zero-order valence-corrected chi connectivity index (χ0v) is 13.5. The Bertz CT molecular complexity index is 474. The maximum absolute atomic E-state index is 12.3. The van der Waals surface area contributed by atoms with Crippen molar-refractivity contribution in [3.05, 3.63) is 0 Å². The van der Waals surface area contributed by atoms with E-state index in [4.69, 9.17) is 4.74 Å². The van der Waals surface area contributed by atoms with E-state index >= 15 is 0 Å². The summed E-state index contributed by atoms with van der Waals surface area (Å²) >= 11 is 0. The Morgan fingerprint density at radius 2 is 2.09 bits per heavy atom. The van der Waals surface area contributed by atoms with Crippen molar-refractivity contribution in [2.24, 2.45) is 10.9 Å². The number of morpholine rings is 1. The zero-order chi connectivity index (χ0) is 16.7. The van der Waals surface area contributed by atoms with Crippen molar-refractivity contribution >= 4 is 24.1 Å². The van der Waals surface area contributed by atoms with E-state index in [-0.39, 0.29) is 0 Å². The number of hydrogen-bond donors (Lipinski definition) is 2. The number of unbranched alkanes of at least 4 members (excludes halogenated alkanes) is 1. The molecule has 0 aromatic heterocycles. The molecule has 2 saturated heterocycles. The van der Waals surface area contributed by atoms with Crippen LogP contribution in [0.15, 0.2) is 4.99 Å². The van der Waals surface area contributed by atoms with Crippen LogP contribution in [-0.2, 0) is 14.3 Å². The third kappa shape index (κ3) is 4.84. The Labute approximate surface area is 135 Å². The summed E-state index contributed by atoms with van der Waals surface area (Å²) in [6.07, 6.45) is 2.96. The molecule has 2 fully saturated rings. The highest BCUT2D eigenvalue weighted by molar-refractivity contribution is 6.23. The first-order chi connectivity index (χ1) is 11.1. The van der Waals surface area contributed by atoms with Gasteiger partial charge in [-0.2, -0.15) is 0 Å². The van der Waals surface area contributed by atoms with Crippen LogP contribution in [0.4, 0.5) is 4.79 Å². The fourth-order valence-electron chi connectivity index (χ4n) is 2.60. The van der Waals surface area contributed by atoms with Gasteiger partial charge in [0.25, 0.3) is 0 Å². The number of aliphatic imine (C=N–C) groups is 1. The standard InChI is InChI=1S/C15H24N4O4/c1-2-3-5-19-14(21)12(13(20)17-15(19)22)11-16-4-6-18-7-9-23-10-8-18/h11-12H,2-10H2,1H3,(H,17,20,22)/p+1/t12-/m1/s1. The number of amides is 4. The van der Waals surface area contributed by atoms with Gasteiger partial charge in [-0.3, -0.25) is 24.8 Å². The molecule has 8 nitrogen and oxygen atoms in total. The molecule has 2 N–H and O–H groups in total. The maximum Gasteiger partial charge on any atom is 0.330 e. The van der Waals surface area contributed by atoms with Crippen LogP contribution in [0.1, 0.15) is 19.8 Å². The first-order valence-electron chi connectivity index (χ1n) is 8.21. The van der Waals surface area contributed by atoms with E-state index in [2.05, 4.69) is 10.3 Å². The summed E-state index contributed by atoms with van der Waals surface area (Å²) in [6.45, 7) is 7.14. The normalized spacial score (nSPS) is 23.6. The highest BCUT2D eigenvalue weighted by Gasteiger charge is 2.38. The SMILES string of the molecule is CCCCN1C(=O)NC(=O)[C@@H](C=NCC[NH+]2CCOCC2)C1=O. The molecule has 0 saturated carbocycles. The number of quaternary nitrogens is 1. The molecule has 128 valence electrons. The van der Waals surface area contributed by atoms with Gasteiger partial charge in [-0.15, -0.1) is 0 Å². The number of urea groups is 1. The van der Waals surface area contributed by atoms with Crippen molar-refractivity contribution in [2.75, 3.05) is 45.9 Å². The number of carbonyl (C=O) groups is 3. The predicted octanol–water partition coefficient (Wildman–Crippen LogP) is -1.53. The molecule has 0 spiro atoms. The lowest BCUT2D eigenvalue weighted by Crippen LogP contribution is -3.14. The lowest BCUT2D eigenvalue weighted by Gasteiger charge is -2.28. The van der Waals surface area contributed by atoms with Crippen molar-refractivity contribution < 1.29 is 24.0 Å². The minimum Gasteiger partial charge on any atom is -0.370 e. The summed E-state index contributed by atoms with van der Waals surface area (Å²) in [7, 11) is 0. The lowest BCUT2D eigenvalue weighted by molar-refractivity contribution is -0.906. The minimum atomic E-state index is -0.996. The number of ether oxygens (including phenoxy) is 1. The van der Waals surface area contributed by atoms with Gasteiger partial charge in [-0.05, 0) is 6.42 Å². The zero-order valence-electron chi connectivity index (χ0n) is 13.5. The minimum absolute atomic E-state index is 0.330. The molecule has 1 atom stereocenters. The average molecular weight is 325 g/mol. The number of nitrogens with zero attached hydrogens (tertiary/aromatic N) is 2. The monoisotopic (exact) mass is 325 g/mol. The van der Waals surface area contributed by atoms with E-state index in [1.54, 1.807) is 0 Å². The van der Waals surface area contributed by atoms with Gasteiger partial charge in [0, 0.05) is 12.8 Å². The van der Waals surface area contributed by atoms with Gasteiger partial charge in [0.15, 0.2) is 5.92 Å². The number of nitrogens with one attached hydrogen (secondary N) is 2. The topological polar surface area (TPSA) is 92.5 Å².